The van der Waals surface area contributed by atoms with Crippen LogP contribution in [0.5, 0.6) is 0 Å². The van der Waals surface area contributed by atoms with Crippen molar-refractivity contribution in [1.29, 1.82) is 0 Å². The summed E-state index contributed by atoms with van der Waals surface area (Å²) in [6.45, 7) is 13.0. The fourth-order valence-corrected chi connectivity index (χ4v) is 9.19. The predicted molar refractivity (Wildman–Crippen MR) is 263 cm³/mol. The zero-order valence-corrected chi connectivity index (χ0v) is 42.6. The number of amides is 6. The SMILES string of the molecule is CC(C)(C)C(c1cc(-c2cc(F)ccc2F)cn1Cc1ccccc1)N(CCCNC(=O)OCC[Si](C)(C)C)C(=O)CSCC(NC(=O)CCc1noc(CCNC(=O)CN2C(=O)C=CC2=O)n1)C(=O)O. The van der Waals surface area contributed by atoms with Crippen molar-refractivity contribution in [3.63, 3.8) is 0 Å². The van der Waals surface area contributed by atoms with E-state index in [4.69, 9.17) is 9.26 Å². The molecule has 4 aromatic rings. The fourth-order valence-electron chi connectivity index (χ4n) is 7.55. The van der Waals surface area contributed by atoms with E-state index in [9.17, 15) is 43.1 Å². The number of nitrogens with one attached hydrogen (secondary N) is 3. The van der Waals surface area contributed by atoms with Crippen LogP contribution in [0.25, 0.3) is 11.1 Å². The highest BCUT2D eigenvalue weighted by Gasteiger charge is 2.37. The van der Waals surface area contributed by atoms with Crippen LogP contribution in [0.4, 0.5) is 13.6 Å². The number of nitrogens with zero attached hydrogens (tertiary/aromatic N) is 5. The Morgan fingerprint density at radius 3 is 2.34 bits per heavy atom. The van der Waals surface area contributed by atoms with Crippen LogP contribution in [0.1, 0.15) is 62.6 Å². The average molecular weight is 1020 g/mol. The van der Waals surface area contributed by atoms with Gasteiger partial charge in [-0.05, 0) is 47.7 Å². The normalized spacial score (nSPS) is 13.5. The first-order valence-corrected chi connectivity index (χ1v) is 28.0. The van der Waals surface area contributed by atoms with Crippen LogP contribution >= 0.6 is 11.8 Å². The number of halogens is 2. The zero-order valence-electron chi connectivity index (χ0n) is 40.8. The van der Waals surface area contributed by atoms with Crippen molar-refractivity contribution in [2.45, 2.75) is 90.8 Å². The second kappa shape index (κ2) is 25.4. The summed E-state index contributed by atoms with van der Waals surface area (Å²) in [6.07, 6.45) is 3.56. The van der Waals surface area contributed by atoms with E-state index in [-0.39, 0.29) is 73.6 Å². The Hall–Kier alpha value is -6.68. The third-order valence-electron chi connectivity index (χ3n) is 11.1. The second-order valence-corrected chi connectivity index (χ2v) is 25.9. The Morgan fingerprint density at radius 1 is 0.944 bits per heavy atom. The van der Waals surface area contributed by atoms with E-state index in [1.165, 1.54) is 0 Å². The van der Waals surface area contributed by atoms with Crippen LogP contribution < -0.4 is 16.0 Å². The molecule has 2 atom stereocenters. The molecular formula is C49H62F2N8O10SSi. The molecule has 2 aromatic heterocycles. The van der Waals surface area contributed by atoms with Crippen molar-refractivity contribution < 1.29 is 56.7 Å². The largest absolute Gasteiger partial charge is 0.480 e. The summed E-state index contributed by atoms with van der Waals surface area (Å²) in [4.78, 5) is 94.9. The number of hydrogen-bond donors (Lipinski definition) is 4. The van der Waals surface area contributed by atoms with Gasteiger partial charge in [0.1, 0.15) is 24.2 Å². The summed E-state index contributed by atoms with van der Waals surface area (Å²) in [5, 5.41) is 21.8. The maximum atomic E-state index is 15.3. The minimum Gasteiger partial charge on any atom is -0.480 e. The third-order valence-corrected chi connectivity index (χ3v) is 13.8. The highest BCUT2D eigenvalue weighted by Crippen LogP contribution is 2.41. The molecule has 1 aliphatic rings. The molecule has 382 valence electrons. The van der Waals surface area contributed by atoms with Gasteiger partial charge in [-0.3, -0.25) is 28.9 Å². The molecule has 0 fully saturated rings. The fraction of sp³-hybridized carbons (Fsp3) is 0.449. The smallest absolute Gasteiger partial charge is 0.407 e. The summed E-state index contributed by atoms with van der Waals surface area (Å²) in [6, 6.07) is 13.3. The van der Waals surface area contributed by atoms with Crippen LogP contribution in [0.3, 0.4) is 0 Å². The number of ether oxygens (including phenoxy) is 1. The van der Waals surface area contributed by atoms with Crippen molar-refractivity contribution in [3.8, 4) is 11.1 Å². The molecule has 6 amide bonds. The van der Waals surface area contributed by atoms with E-state index in [1.807, 2.05) is 55.7 Å². The van der Waals surface area contributed by atoms with Crippen LogP contribution in [0, 0.1) is 17.0 Å². The van der Waals surface area contributed by atoms with E-state index < -0.39 is 79.4 Å². The number of carbonyl (C=O) groups is 7. The maximum absolute atomic E-state index is 15.3. The van der Waals surface area contributed by atoms with Gasteiger partial charge in [0, 0.05) is 94.4 Å². The molecule has 4 N–H and O–H groups in total. The van der Waals surface area contributed by atoms with Gasteiger partial charge in [-0.2, -0.15) is 4.98 Å². The molecule has 0 spiro atoms. The van der Waals surface area contributed by atoms with Gasteiger partial charge in [0.05, 0.1) is 18.4 Å². The molecule has 18 nitrogen and oxygen atoms in total. The lowest BCUT2D eigenvalue weighted by Gasteiger charge is -2.41. The number of imide groups is 1. The Bertz CT molecular complexity index is 2540. The zero-order chi connectivity index (χ0) is 51.9. The standard InChI is InChI=1S/C49H62F2N8O10SSi/c1-49(2,3)46(38-25-33(35-26-34(50)13-14-36(35)51)28-57(38)27-32-11-8-7-9-12-32)58(22-10-20-53-48(67)68-23-24-71(4,5)6)45(64)31-70-30-37(47(65)66)54-40(60)16-15-39-55-42(69-56-39)19-21-52-41(61)29-59-43(62)17-18-44(59)63/h7-9,11-14,17-18,25-26,28,37,46H,10,15-16,19-24,27,29-31H2,1-6H3,(H,52,61)(H,53,67)(H,54,60)(H,65,66). The van der Waals surface area contributed by atoms with Crippen molar-refractivity contribution in [3.05, 3.63) is 108 Å². The molecule has 0 bridgehead atoms. The first-order chi connectivity index (χ1) is 33.6. The Balaban J connectivity index is 1.26. The summed E-state index contributed by atoms with van der Waals surface area (Å²) >= 11 is 1.02. The highest BCUT2D eigenvalue weighted by molar-refractivity contribution is 8.00. The lowest BCUT2D eigenvalue weighted by Crippen LogP contribution is -2.45. The van der Waals surface area contributed by atoms with E-state index in [0.29, 0.717) is 30.8 Å². The Labute approximate surface area is 416 Å². The Kier molecular flexibility index (Phi) is 19.8. The summed E-state index contributed by atoms with van der Waals surface area (Å²) in [5.41, 5.74) is 1.34. The van der Waals surface area contributed by atoms with E-state index in [1.54, 1.807) is 17.2 Å². The average Bonchev–Trinajstić information content (AvgIpc) is 4.02. The van der Waals surface area contributed by atoms with Crippen molar-refractivity contribution in [2.24, 2.45) is 5.41 Å². The summed E-state index contributed by atoms with van der Waals surface area (Å²) in [7, 11) is -1.45. The molecule has 3 heterocycles. The van der Waals surface area contributed by atoms with Gasteiger partial charge in [-0.25, -0.2) is 18.4 Å². The molecule has 0 aliphatic carbocycles. The number of aromatic nitrogens is 3. The van der Waals surface area contributed by atoms with Gasteiger partial charge in [0.2, 0.25) is 23.6 Å². The van der Waals surface area contributed by atoms with Crippen molar-refractivity contribution >= 4 is 61.4 Å². The monoisotopic (exact) mass is 1020 g/mol. The quantitative estimate of drug-likeness (QED) is 0.0334. The number of aryl methyl sites for hydroxylation is 1. The highest BCUT2D eigenvalue weighted by atomic mass is 32.2. The molecule has 0 saturated heterocycles. The van der Waals surface area contributed by atoms with Crippen LogP contribution in [0.2, 0.25) is 25.7 Å². The summed E-state index contributed by atoms with van der Waals surface area (Å²) < 4.78 is 42.4. The molecule has 0 saturated carbocycles. The van der Waals surface area contributed by atoms with Gasteiger partial charge in [-0.1, -0.05) is 75.9 Å². The lowest BCUT2D eigenvalue weighted by atomic mass is 9.83. The number of thioether (sulfide) groups is 1. The number of aliphatic carboxylic acids is 1. The lowest BCUT2D eigenvalue weighted by molar-refractivity contribution is -0.141. The van der Waals surface area contributed by atoms with E-state index >= 15 is 4.39 Å². The van der Waals surface area contributed by atoms with Crippen LogP contribution in [-0.2, 0) is 52.9 Å². The van der Waals surface area contributed by atoms with Crippen LogP contribution in [-0.4, -0.2) is 130 Å². The van der Waals surface area contributed by atoms with Crippen molar-refractivity contribution in [1.82, 2.24) is 40.5 Å². The number of carboxylic acids is 1. The molecule has 2 aromatic carbocycles. The van der Waals surface area contributed by atoms with E-state index in [2.05, 4.69) is 45.7 Å². The number of rotatable bonds is 26. The Morgan fingerprint density at radius 2 is 1.66 bits per heavy atom. The molecule has 22 heteroatoms. The number of carbonyl (C=O) groups excluding carboxylic acids is 6. The van der Waals surface area contributed by atoms with Crippen LogP contribution in [0.15, 0.2) is 77.5 Å². The molecule has 1 aliphatic heterocycles. The van der Waals surface area contributed by atoms with Crippen molar-refractivity contribution in [2.75, 3.05) is 44.3 Å². The molecule has 71 heavy (non-hydrogen) atoms. The molecule has 2 unspecified atom stereocenters. The van der Waals surface area contributed by atoms with Gasteiger partial charge in [0.15, 0.2) is 5.82 Å². The molecular weight excluding hydrogens is 959 g/mol. The number of carboxylic acid groups (broad SMARTS) is 1. The van der Waals surface area contributed by atoms with Gasteiger partial charge < -0.3 is 39.8 Å². The van der Waals surface area contributed by atoms with Gasteiger partial charge in [0.25, 0.3) is 11.8 Å². The first kappa shape index (κ1) is 55.2. The summed E-state index contributed by atoms with van der Waals surface area (Å²) in [5.74, 6) is -5.32. The number of benzene rings is 2. The first-order valence-electron chi connectivity index (χ1n) is 23.2. The van der Waals surface area contributed by atoms with E-state index in [0.717, 1.165) is 58.6 Å². The number of alkyl carbamates (subject to hydrolysis) is 1. The van der Waals surface area contributed by atoms with Gasteiger partial charge in [-0.15, -0.1) is 11.8 Å². The second-order valence-electron chi connectivity index (χ2n) is 19.2. The third kappa shape index (κ3) is 17.3. The molecule has 0 radical (unpaired) electrons. The minimum absolute atomic E-state index is 0.000387. The topological polar surface area (TPSA) is 235 Å². The maximum Gasteiger partial charge on any atom is 0.407 e. The molecule has 5 rings (SSSR count). The minimum atomic E-state index is -1.45. The predicted octanol–water partition coefficient (Wildman–Crippen LogP) is 5.75. The number of hydrogen-bond acceptors (Lipinski definition) is 12. The van der Waals surface area contributed by atoms with Gasteiger partial charge >= 0.3 is 12.1 Å².